The van der Waals surface area contributed by atoms with Gasteiger partial charge in [-0.05, 0) is 52.9 Å². The maximum Gasteiger partial charge on any atom is 0.295 e. The summed E-state index contributed by atoms with van der Waals surface area (Å²) in [4.78, 5) is 28.0. The number of rotatable bonds is 7. The molecule has 1 atom stereocenters. The molecule has 0 spiro atoms. The molecule has 4 rings (SSSR count). The minimum absolute atomic E-state index is 0.0783. The van der Waals surface area contributed by atoms with Crippen molar-refractivity contribution in [3.63, 3.8) is 0 Å². The number of methoxy groups -OCH3 is 2. The number of amides is 1. The Labute approximate surface area is 205 Å². The van der Waals surface area contributed by atoms with E-state index in [9.17, 15) is 14.7 Å². The lowest BCUT2D eigenvalue weighted by atomic mass is 9.93. The molecule has 180 valence electrons. The van der Waals surface area contributed by atoms with E-state index in [-0.39, 0.29) is 23.8 Å². The predicted molar refractivity (Wildman–Crippen MR) is 134 cm³/mol. The van der Waals surface area contributed by atoms with Crippen molar-refractivity contribution in [2.45, 2.75) is 32.4 Å². The van der Waals surface area contributed by atoms with Crippen molar-refractivity contribution in [1.29, 1.82) is 0 Å². The monoisotopic (exact) mass is 471 g/mol. The normalized spacial score (nSPS) is 17.2. The molecule has 1 heterocycles. The summed E-state index contributed by atoms with van der Waals surface area (Å²) in [6.07, 6.45) is 0. The van der Waals surface area contributed by atoms with E-state index in [1.54, 1.807) is 26.4 Å². The van der Waals surface area contributed by atoms with Crippen LogP contribution >= 0.6 is 0 Å². The Morgan fingerprint density at radius 3 is 2.23 bits per heavy atom. The van der Waals surface area contributed by atoms with Crippen LogP contribution in [0.25, 0.3) is 5.76 Å². The van der Waals surface area contributed by atoms with Crippen LogP contribution in [-0.2, 0) is 16.1 Å². The Bertz CT molecular complexity index is 1260. The zero-order valence-corrected chi connectivity index (χ0v) is 20.3. The summed E-state index contributed by atoms with van der Waals surface area (Å²) in [6, 6.07) is 21.2. The summed E-state index contributed by atoms with van der Waals surface area (Å²) in [7, 11) is 3.19. The van der Waals surface area contributed by atoms with E-state index >= 15 is 0 Å². The highest BCUT2D eigenvalue weighted by atomic mass is 16.5. The quantitative estimate of drug-likeness (QED) is 0.282. The van der Waals surface area contributed by atoms with E-state index in [2.05, 4.69) is 0 Å². The van der Waals surface area contributed by atoms with Crippen LogP contribution < -0.4 is 9.47 Å². The zero-order valence-electron chi connectivity index (χ0n) is 20.3. The number of Topliss-reactive ketones (excluding diaryl/α,β-unsaturated/α-hetero) is 1. The molecule has 35 heavy (non-hydrogen) atoms. The van der Waals surface area contributed by atoms with Crippen LogP contribution in [0.3, 0.4) is 0 Å². The van der Waals surface area contributed by atoms with Crippen molar-refractivity contribution in [2.75, 3.05) is 14.2 Å². The van der Waals surface area contributed by atoms with Gasteiger partial charge in [-0.1, -0.05) is 56.3 Å². The summed E-state index contributed by atoms with van der Waals surface area (Å²) in [5.74, 6) is 0.00618. The molecule has 3 aromatic carbocycles. The highest BCUT2D eigenvalue weighted by Crippen LogP contribution is 2.41. The first-order valence-corrected chi connectivity index (χ1v) is 11.5. The number of carbonyl (C=O) groups excluding carboxylic acids is 2. The standard InChI is InChI=1S/C29H29NO5/c1-18(2)23-16-21(12-15-24(23)35-4)27(31)25-26(20-8-6-5-7-9-20)30(29(33)28(25)32)17-19-10-13-22(34-3)14-11-19/h5-16,18,26,31H,17H2,1-4H3/b27-25-. The minimum atomic E-state index is -0.720. The van der Waals surface area contributed by atoms with Gasteiger partial charge in [-0.3, -0.25) is 9.59 Å². The summed E-state index contributed by atoms with van der Waals surface area (Å²) < 4.78 is 10.7. The minimum Gasteiger partial charge on any atom is -0.507 e. The first-order valence-electron chi connectivity index (χ1n) is 11.5. The Morgan fingerprint density at radius 2 is 1.63 bits per heavy atom. The number of ether oxygens (including phenoxy) is 2. The number of aliphatic hydroxyl groups is 1. The first kappa shape index (κ1) is 24.1. The smallest absolute Gasteiger partial charge is 0.295 e. The predicted octanol–water partition coefficient (Wildman–Crippen LogP) is 5.45. The second kappa shape index (κ2) is 10.1. The van der Waals surface area contributed by atoms with Crippen LogP contribution in [0.5, 0.6) is 11.5 Å². The number of hydrogen-bond acceptors (Lipinski definition) is 5. The fourth-order valence-electron chi connectivity index (χ4n) is 4.44. The summed E-state index contributed by atoms with van der Waals surface area (Å²) in [5, 5.41) is 11.4. The van der Waals surface area contributed by atoms with Gasteiger partial charge < -0.3 is 19.5 Å². The van der Waals surface area contributed by atoms with Crippen molar-refractivity contribution in [3.8, 4) is 11.5 Å². The van der Waals surface area contributed by atoms with Crippen molar-refractivity contribution in [2.24, 2.45) is 0 Å². The number of ketones is 1. The molecule has 1 unspecified atom stereocenters. The maximum absolute atomic E-state index is 13.3. The molecule has 0 saturated carbocycles. The van der Waals surface area contributed by atoms with Crippen LogP contribution in [0.4, 0.5) is 0 Å². The maximum atomic E-state index is 13.3. The molecule has 1 amide bonds. The number of hydrogen-bond donors (Lipinski definition) is 1. The van der Waals surface area contributed by atoms with Crippen molar-refractivity contribution in [3.05, 3.63) is 101 Å². The zero-order chi connectivity index (χ0) is 25.1. The highest BCUT2D eigenvalue weighted by Gasteiger charge is 2.46. The van der Waals surface area contributed by atoms with Gasteiger partial charge in [0.25, 0.3) is 11.7 Å². The SMILES string of the molecule is COc1ccc(CN2C(=O)C(=O)/C(=C(\O)c3ccc(OC)c(C(C)C)c3)C2c2ccccc2)cc1. The number of carbonyl (C=O) groups is 2. The summed E-state index contributed by atoms with van der Waals surface area (Å²) in [6.45, 7) is 4.27. The molecule has 3 aromatic rings. The molecule has 1 saturated heterocycles. The largest absolute Gasteiger partial charge is 0.507 e. The molecule has 6 nitrogen and oxygen atoms in total. The fraction of sp³-hybridized carbons (Fsp3) is 0.241. The third-order valence-electron chi connectivity index (χ3n) is 6.29. The molecular formula is C29H29NO5. The van der Waals surface area contributed by atoms with Gasteiger partial charge in [-0.25, -0.2) is 0 Å². The Hall–Kier alpha value is -4.06. The van der Waals surface area contributed by atoms with Gasteiger partial charge in [0.05, 0.1) is 25.8 Å². The average molecular weight is 472 g/mol. The Kier molecular flexibility index (Phi) is 6.92. The highest BCUT2D eigenvalue weighted by molar-refractivity contribution is 6.46. The molecule has 0 bridgehead atoms. The third kappa shape index (κ3) is 4.64. The van der Waals surface area contributed by atoms with E-state index < -0.39 is 17.7 Å². The van der Waals surface area contributed by atoms with E-state index in [1.165, 1.54) is 4.90 Å². The molecule has 1 aliphatic rings. The van der Waals surface area contributed by atoms with Gasteiger partial charge in [0, 0.05) is 12.1 Å². The Morgan fingerprint density at radius 1 is 0.943 bits per heavy atom. The van der Waals surface area contributed by atoms with Gasteiger partial charge in [-0.15, -0.1) is 0 Å². The van der Waals surface area contributed by atoms with Gasteiger partial charge >= 0.3 is 0 Å². The molecule has 1 N–H and O–H groups in total. The van der Waals surface area contributed by atoms with Crippen molar-refractivity contribution >= 4 is 17.4 Å². The van der Waals surface area contributed by atoms with Gasteiger partial charge in [0.2, 0.25) is 0 Å². The third-order valence-corrected chi connectivity index (χ3v) is 6.29. The molecule has 1 aliphatic heterocycles. The summed E-state index contributed by atoms with van der Waals surface area (Å²) in [5.41, 5.74) is 3.05. The van der Waals surface area contributed by atoms with Crippen LogP contribution in [0, 0.1) is 0 Å². The van der Waals surface area contributed by atoms with E-state index in [0.29, 0.717) is 17.1 Å². The molecule has 6 heteroatoms. The lowest BCUT2D eigenvalue weighted by Gasteiger charge is -2.25. The Balaban J connectivity index is 1.83. The van der Waals surface area contributed by atoms with Crippen molar-refractivity contribution < 1.29 is 24.2 Å². The van der Waals surface area contributed by atoms with Crippen molar-refractivity contribution in [1.82, 2.24) is 4.90 Å². The number of benzene rings is 3. The molecule has 0 radical (unpaired) electrons. The van der Waals surface area contributed by atoms with Gasteiger partial charge in [-0.2, -0.15) is 0 Å². The molecule has 0 aliphatic carbocycles. The average Bonchev–Trinajstić information content (AvgIpc) is 3.13. The lowest BCUT2D eigenvalue weighted by Crippen LogP contribution is -2.29. The number of nitrogens with zero attached hydrogens (tertiary/aromatic N) is 1. The molecule has 0 aromatic heterocycles. The van der Waals surface area contributed by atoms with E-state index in [4.69, 9.17) is 9.47 Å². The van der Waals surface area contributed by atoms with Gasteiger partial charge in [0.1, 0.15) is 17.3 Å². The van der Waals surface area contributed by atoms with Crippen LogP contribution in [0.15, 0.2) is 78.4 Å². The lowest BCUT2D eigenvalue weighted by molar-refractivity contribution is -0.140. The van der Waals surface area contributed by atoms with E-state index in [1.807, 2.05) is 74.5 Å². The topological polar surface area (TPSA) is 76.1 Å². The summed E-state index contributed by atoms with van der Waals surface area (Å²) >= 11 is 0. The van der Waals surface area contributed by atoms with Crippen LogP contribution in [0.1, 0.15) is 48.1 Å². The second-order valence-corrected chi connectivity index (χ2v) is 8.80. The van der Waals surface area contributed by atoms with Gasteiger partial charge in [0.15, 0.2) is 0 Å². The first-order chi connectivity index (χ1) is 16.8. The number of aliphatic hydroxyl groups excluding tert-OH is 1. The fourth-order valence-corrected chi connectivity index (χ4v) is 4.44. The second-order valence-electron chi connectivity index (χ2n) is 8.80. The number of likely N-dealkylation sites (tertiary alicyclic amines) is 1. The van der Waals surface area contributed by atoms with E-state index in [0.717, 1.165) is 16.7 Å². The molecular weight excluding hydrogens is 442 g/mol. The van der Waals surface area contributed by atoms with Crippen LogP contribution in [0.2, 0.25) is 0 Å². The molecule has 1 fully saturated rings. The van der Waals surface area contributed by atoms with Crippen LogP contribution in [-0.4, -0.2) is 35.9 Å².